The molecule has 0 saturated carbocycles. The molecule has 0 fully saturated rings. The molecule has 1 aromatic carbocycles. The van der Waals surface area contributed by atoms with E-state index in [-0.39, 0.29) is 5.76 Å². The lowest BCUT2D eigenvalue weighted by atomic mass is 10.3. The first-order valence-corrected chi connectivity index (χ1v) is 4.55. The van der Waals surface area contributed by atoms with Gasteiger partial charge in [0.25, 0.3) is 0 Å². The van der Waals surface area contributed by atoms with Crippen molar-refractivity contribution in [3.63, 3.8) is 0 Å². The Morgan fingerprint density at radius 3 is 3.07 bits per heavy atom. The van der Waals surface area contributed by atoms with E-state index in [2.05, 4.69) is 5.32 Å². The predicted molar refractivity (Wildman–Crippen MR) is 57.0 cm³/mol. The number of hydrogen-bond donors (Lipinski definition) is 1. The summed E-state index contributed by atoms with van der Waals surface area (Å²) in [6, 6.07) is 5.44. The van der Waals surface area contributed by atoms with E-state index in [1.807, 2.05) is 12.1 Å². The topological polar surface area (TPSA) is 56.4 Å². The molecule has 2 aromatic rings. The summed E-state index contributed by atoms with van der Waals surface area (Å²) in [6.45, 7) is 0.428. The van der Waals surface area contributed by atoms with Crippen molar-refractivity contribution in [3.8, 4) is 0 Å². The van der Waals surface area contributed by atoms with Crippen LogP contribution < -0.4 is 11.1 Å². The number of nitrogens with zero attached hydrogens (tertiary/aromatic N) is 1. The van der Waals surface area contributed by atoms with Crippen molar-refractivity contribution in [2.75, 3.05) is 19.2 Å². The molecule has 0 bridgehead atoms. The predicted octanol–water partition coefficient (Wildman–Crippen LogP) is 1.15. The van der Waals surface area contributed by atoms with E-state index >= 15 is 0 Å². The van der Waals surface area contributed by atoms with Gasteiger partial charge in [-0.15, -0.1) is 0 Å². The molecule has 0 atom stereocenters. The van der Waals surface area contributed by atoms with Crippen LogP contribution in [0.4, 0.5) is 5.69 Å². The monoisotopic (exact) mass is 208 g/mol. The zero-order chi connectivity index (χ0) is 10.8. The standard InChI is InChI=1S/C10H12N2O3/c1-12-8-5-7(11-6-14-2)3-4-9(8)15-10(12)13/h3-5,11H,6H2,1-2H3. The first kappa shape index (κ1) is 9.79. The van der Waals surface area contributed by atoms with Crippen LogP contribution in [0.2, 0.25) is 0 Å². The maximum Gasteiger partial charge on any atom is 0.419 e. The number of methoxy groups -OCH3 is 1. The second-order valence-electron chi connectivity index (χ2n) is 3.22. The number of aromatic nitrogens is 1. The Bertz CT molecular complexity index is 527. The molecule has 0 aliphatic carbocycles. The van der Waals surface area contributed by atoms with E-state index in [0.29, 0.717) is 12.3 Å². The van der Waals surface area contributed by atoms with Crippen LogP contribution in [0.25, 0.3) is 11.1 Å². The molecule has 1 heterocycles. The summed E-state index contributed by atoms with van der Waals surface area (Å²) in [7, 11) is 3.29. The van der Waals surface area contributed by atoms with Crippen LogP contribution in [0, 0.1) is 0 Å². The lowest BCUT2D eigenvalue weighted by Crippen LogP contribution is -2.08. The highest BCUT2D eigenvalue weighted by Crippen LogP contribution is 2.17. The number of aryl methyl sites for hydroxylation is 1. The summed E-state index contributed by atoms with van der Waals surface area (Å²) >= 11 is 0. The number of hydrogen-bond acceptors (Lipinski definition) is 4. The van der Waals surface area contributed by atoms with Crippen molar-refractivity contribution in [1.29, 1.82) is 0 Å². The summed E-state index contributed by atoms with van der Waals surface area (Å²) in [6.07, 6.45) is 0. The molecule has 0 aliphatic heterocycles. The minimum Gasteiger partial charge on any atom is -0.408 e. The summed E-state index contributed by atoms with van der Waals surface area (Å²) in [5.74, 6) is -0.353. The number of benzene rings is 1. The molecule has 1 N–H and O–H groups in total. The van der Waals surface area contributed by atoms with Crippen LogP contribution in [0.15, 0.2) is 27.4 Å². The average molecular weight is 208 g/mol. The van der Waals surface area contributed by atoms with Crippen molar-refractivity contribution in [1.82, 2.24) is 4.57 Å². The second kappa shape index (κ2) is 3.78. The van der Waals surface area contributed by atoms with Crippen molar-refractivity contribution < 1.29 is 9.15 Å². The maximum atomic E-state index is 11.2. The normalized spacial score (nSPS) is 10.8. The van der Waals surface area contributed by atoms with Gasteiger partial charge < -0.3 is 14.5 Å². The number of anilines is 1. The number of fused-ring (bicyclic) bond motifs is 1. The van der Waals surface area contributed by atoms with Gasteiger partial charge in [-0.2, -0.15) is 0 Å². The molecular weight excluding hydrogens is 196 g/mol. The van der Waals surface area contributed by atoms with E-state index < -0.39 is 0 Å². The average Bonchev–Trinajstić information content (AvgIpc) is 2.52. The Morgan fingerprint density at radius 1 is 1.53 bits per heavy atom. The van der Waals surface area contributed by atoms with Gasteiger partial charge in [0.2, 0.25) is 0 Å². The molecule has 2 rings (SSSR count). The van der Waals surface area contributed by atoms with Gasteiger partial charge in [0.05, 0.1) is 5.52 Å². The molecule has 0 saturated heterocycles. The zero-order valence-corrected chi connectivity index (χ0v) is 8.61. The van der Waals surface area contributed by atoms with Gasteiger partial charge in [0, 0.05) is 19.8 Å². The fourth-order valence-corrected chi connectivity index (χ4v) is 1.39. The number of rotatable bonds is 3. The molecule has 0 unspecified atom stereocenters. The second-order valence-corrected chi connectivity index (χ2v) is 3.22. The Hall–Kier alpha value is -1.75. The van der Waals surface area contributed by atoms with Crippen molar-refractivity contribution in [2.24, 2.45) is 7.05 Å². The minimum absolute atomic E-state index is 0.353. The molecular formula is C10H12N2O3. The van der Waals surface area contributed by atoms with Crippen LogP contribution >= 0.6 is 0 Å². The minimum atomic E-state index is -0.353. The van der Waals surface area contributed by atoms with Crippen LogP contribution in [0.3, 0.4) is 0 Å². The quantitative estimate of drug-likeness (QED) is 0.769. The van der Waals surface area contributed by atoms with Crippen molar-refractivity contribution >= 4 is 16.8 Å². The molecule has 5 nitrogen and oxygen atoms in total. The smallest absolute Gasteiger partial charge is 0.408 e. The molecule has 0 radical (unpaired) electrons. The summed E-state index contributed by atoms with van der Waals surface area (Å²) in [5, 5.41) is 3.04. The Morgan fingerprint density at radius 2 is 2.33 bits per heavy atom. The van der Waals surface area contributed by atoms with E-state index in [1.54, 1.807) is 20.2 Å². The summed E-state index contributed by atoms with van der Waals surface area (Å²) < 4.78 is 11.4. The van der Waals surface area contributed by atoms with Gasteiger partial charge >= 0.3 is 5.76 Å². The van der Waals surface area contributed by atoms with Gasteiger partial charge in [-0.05, 0) is 18.2 Å². The molecule has 0 aliphatic rings. The third-order valence-corrected chi connectivity index (χ3v) is 2.21. The van der Waals surface area contributed by atoms with Gasteiger partial charge in [-0.3, -0.25) is 4.57 Å². The van der Waals surface area contributed by atoms with Gasteiger partial charge in [-0.25, -0.2) is 4.79 Å². The highest BCUT2D eigenvalue weighted by Gasteiger charge is 2.05. The molecule has 15 heavy (non-hydrogen) atoms. The van der Waals surface area contributed by atoms with E-state index in [0.717, 1.165) is 11.2 Å². The number of nitrogens with one attached hydrogen (secondary N) is 1. The number of oxazole rings is 1. The molecule has 1 aromatic heterocycles. The van der Waals surface area contributed by atoms with Crippen molar-refractivity contribution in [2.45, 2.75) is 0 Å². The van der Waals surface area contributed by atoms with E-state index in [9.17, 15) is 4.79 Å². The zero-order valence-electron chi connectivity index (χ0n) is 8.61. The highest BCUT2D eigenvalue weighted by molar-refractivity contribution is 5.77. The lowest BCUT2D eigenvalue weighted by molar-refractivity contribution is 0.221. The van der Waals surface area contributed by atoms with Gasteiger partial charge in [0.1, 0.15) is 6.73 Å². The largest absolute Gasteiger partial charge is 0.419 e. The van der Waals surface area contributed by atoms with Crippen LogP contribution in [0.5, 0.6) is 0 Å². The molecule has 5 heteroatoms. The first-order chi connectivity index (χ1) is 7.22. The summed E-state index contributed by atoms with van der Waals surface area (Å²) in [5.41, 5.74) is 2.24. The van der Waals surface area contributed by atoms with E-state index in [4.69, 9.17) is 9.15 Å². The Kier molecular flexibility index (Phi) is 2.47. The third-order valence-electron chi connectivity index (χ3n) is 2.21. The Balaban J connectivity index is 2.45. The van der Waals surface area contributed by atoms with Crippen molar-refractivity contribution in [3.05, 3.63) is 28.7 Å². The van der Waals surface area contributed by atoms with Gasteiger partial charge in [-0.1, -0.05) is 0 Å². The summed E-state index contributed by atoms with van der Waals surface area (Å²) in [4.78, 5) is 11.2. The maximum absolute atomic E-state index is 11.2. The fraction of sp³-hybridized carbons (Fsp3) is 0.300. The number of ether oxygens (including phenoxy) is 1. The SMILES string of the molecule is COCNc1ccc2oc(=O)n(C)c2c1. The molecule has 80 valence electrons. The van der Waals surface area contributed by atoms with E-state index in [1.165, 1.54) is 4.57 Å². The Labute approximate surface area is 86.3 Å². The van der Waals surface area contributed by atoms with Crippen LogP contribution in [-0.2, 0) is 11.8 Å². The third kappa shape index (κ3) is 1.73. The van der Waals surface area contributed by atoms with Crippen LogP contribution in [-0.4, -0.2) is 18.4 Å². The molecule has 0 amide bonds. The fourth-order valence-electron chi connectivity index (χ4n) is 1.39. The van der Waals surface area contributed by atoms with Crippen LogP contribution in [0.1, 0.15) is 0 Å². The first-order valence-electron chi connectivity index (χ1n) is 4.55. The highest BCUT2D eigenvalue weighted by atomic mass is 16.5. The molecule has 0 spiro atoms. The van der Waals surface area contributed by atoms with Gasteiger partial charge in [0.15, 0.2) is 5.58 Å². The lowest BCUT2D eigenvalue weighted by Gasteiger charge is -2.04.